The first-order valence-electron chi connectivity index (χ1n) is 5.95. The number of nitrogens with one attached hydrogen (secondary N) is 2. The van der Waals surface area contributed by atoms with E-state index in [1.807, 2.05) is 0 Å². The first kappa shape index (κ1) is 14.2. The number of nitrogens with two attached hydrogens (primary N) is 1. The number of nitrogen functional groups attached to an aromatic ring is 1. The van der Waals surface area contributed by atoms with Crippen LogP contribution in [-0.2, 0) is 20.9 Å². The zero-order chi connectivity index (χ0) is 14.7. The summed E-state index contributed by atoms with van der Waals surface area (Å²) in [5.74, 6) is 6.02. The molecule has 20 heavy (non-hydrogen) atoms. The van der Waals surface area contributed by atoms with E-state index in [0.29, 0.717) is 17.5 Å². The summed E-state index contributed by atoms with van der Waals surface area (Å²) in [6.07, 6.45) is 0.102. The number of likely N-dealkylation sites (N-methyl/N-ethyl adjacent to an activating group) is 1. The van der Waals surface area contributed by atoms with E-state index in [1.165, 1.54) is 14.2 Å². The highest BCUT2D eigenvalue weighted by molar-refractivity contribution is 6.06. The first-order valence-corrected chi connectivity index (χ1v) is 5.95. The Morgan fingerprint density at radius 2 is 2.15 bits per heavy atom. The minimum atomic E-state index is -0.622. The third-order valence-electron chi connectivity index (χ3n) is 2.90. The highest BCUT2D eigenvalue weighted by Gasteiger charge is 2.36. The number of carbonyl (C=O) groups excluding carboxylic acids is 2. The van der Waals surface area contributed by atoms with Gasteiger partial charge < -0.3 is 15.5 Å². The molecule has 9 nitrogen and oxygen atoms in total. The molecule has 0 radical (unpaired) electrons. The lowest BCUT2D eigenvalue weighted by Gasteiger charge is -2.13. The Labute approximate surface area is 115 Å². The normalized spacial score (nSPS) is 18.6. The van der Waals surface area contributed by atoms with Crippen molar-refractivity contribution in [3.8, 4) is 0 Å². The molecule has 4 N–H and O–H groups in total. The number of ether oxygens (including phenoxy) is 1. The topological polar surface area (TPSA) is 122 Å². The number of carbonyl (C=O) groups is 2. The zero-order valence-corrected chi connectivity index (χ0v) is 11.2. The molecule has 2 rings (SSSR count). The number of rotatable bonds is 5. The maximum Gasteiger partial charge on any atom is 0.251 e. The third kappa shape index (κ3) is 2.83. The SMILES string of the molecule is COCc1nc(NN)cc(NC2CC(=O)N(C)C2=O)n1. The lowest BCUT2D eigenvalue weighted by Crippen LogP contribution is -2.32. The minimum absolute atomic E-state index is 0.102. The molecule has 0 aromatic carbocycles. The molecule has 9 heteroatoms. The summed E-state index contributed by atoms with van der Waals surface area (Å²) >= 11 is 0. The van der Waals surface area contributed by atoms with Crippen molar-refractivity contribution >= 4 is 23.5 Å². The zero-order valence-electron chi connectivity index (χ0n) is 11.2. The summed E-state index contributed by atoms with van der Waals surface area (Å²) < 4.78 is 4.96. The summed E-state index contributed by atoms with van der Waals surface area (Å²) in [6, 6.07) is 0.929. The van der Waals surface area contributed by atoms with Crippen molar-refractivity contribution in [2.24, 2.45) is 5.84 Å². The second kappa shape index (κ2) is 5.80. The molecule has 108 valence electrons. The summed E-state index contributed by atoms with van der Waals surface area (Å²) in [5, 5.41) is 2.91. The maximum absolute atomic E-state index is 11.8. The van der Waals surface area contributed by atoms with Gasteiger partial charge in [0.15, 0.2) is 5.82 Å². The summed E-state index contributed by atoms with van der Waals surface area (Å²) in [5.41, 5.74) is 2.41. The van der Waals surface area contributed by atoms with Gasteiger partial charge >= 0.3 is 0 Å². The molecule has 1 saturated heterocycles. The molecule has 2 heterocycles. The summed E-state index contributed by atoms with van der Waals surface area (Å²) in [7, 11) is 2.97. The Morgan fingerprint density at radius 1 is 1.45 bits per heavy atom. The van der Waals surface area contributed by atoms with Crippen LogP contribution in [0, 0.1) is 0 Å². The number of aromatic nitrogens is 2. The predicted octanol–water partition coefficient (Wildman–Crippen LogP) is -0.922. The average molecular weight is 280 g/mol. The van der Waals surface area contributed by atoms with Crippen LogP contribution in [0.3, 0.4) is 0 Å². The number of likely N-dealkylation sites (tertiary alicyclic amines) is 1. The van der Waals surface area contributed by atoms with Crippen molar-refractivity contribution in [3.63, 3.8) is 0 Å². The van der Waals surface area contributed by atoms with E-state index in [1.54, 1.807) is 6.07 Å². The fourth-order valence-electron chi connectivity index (χ4n) is 1.89. The molecule has 1 aromatic rings. The van der Waals surface area contributed by atoms with Crippen molar-refractivity contribution in [3.05, 3.63) is 11.9 Å². The Bertz CT molecular complexity index is 535. The second-order valence-corrected chi connectivity index (χ2v) is 4.32. The van der Waals surface area contributed by atoms with Crippen LogP contribution in [0.1, 0.15) is 12.2 Å². The third-order valence-corrected chi connectivity index (χ3v) is 2.90. The quantitative estimate of drug-likeness (QED) is 0.359. The van der Waals surface area contributed by atoms with Crippen molar-refractivity contribution in [1.82, 2.24) is 14.9 Å². The summed E-state index contributed by atoms with van der Waals surface area (Å²) in [6.45, 7) is 0.210. The minimum Gasteiger partial charge on any atom is -0.377 e. The van der Waals surface area contributed by atoms with Gasteiger partial charge in [0.25, 0.3) is 5.91 Å². The van der Waals surface area contributed by atoms with E-state index >= 15 is 0 Å². The number of imide groups is 1. The number of nitrogens with zero attached hydrogens (tertiary/aromatic N) is 3. The van der Waals surface area contributed by atoms with Crippen LogP contribution in [-0.4, -0.2) is 46.9 Å². The first-order chi connectivity index (χ1) is 9.55. The largest absolute Gasteiger partial charge is 0.377 e. The lowest BCUT2D eigenvalue weighted by molar-refractivity contribution is -0.136. The molecule has 1 atom stereocenters. The molecular formula is C11H16N6O3. The molecule has 1 aromatic heterocycles. The van der Waals surface area contributed by atoms with Gasteiger partial charge in [-0.2, -0.15) is 0 Å². The van der Waals surface area contributed by atoms with E-state index in [4.69, 9.17) is 10.6 Å². The number of hydrogen-bond acceptors (Lipinski definition) is 8. The van der Waals surface area contributed by atoms with Gasteiger partial charge in [-0.1, -0.05) is 0 Å². The highest BCUT2D eigenvalue weighted by atomic mass is 16.5. The van der Waals surface area contributed by atoms with Crippen LogP contribution in [0.15, 0.2) is 6.07 Å². The average Bonchev–Trinajstić information content (AvgIpc) is 2.66. The highest BCUT2D eigenvalue weighted by Crippen LogP contribution is 2.18. The smallest absolute Gasteiger partial charge is 0.251 e. The van der Waals surface area contributed by atoms with Crippen LogP contribution in [0.4, 0.5) is 11.6 Å². The Kier molecular flexibility index (Phi) is 4.11. The second-order valence-electron chi connectivity index (χ2n) is 4.32. The lowest BCUT2D eigenvalue weighted by atomic mass is 10.2. The fraction of sp³-hybridized carbons (Fsp3) is 0.455. The van der Waals surface area contributed by atoms with Gasteiger partial charge in [-0.05, 0) is 0 Å². The molecule has 1 aliphatic heterocycles. The van der Waals surface area contributed by atoms with Crippen LogP contribution in [0.2, 0.25) is 0 Å². The van der Waals surface area contributed by atoms with Gasteiger partial charge in [-0.3, -0.25) is 14.5 Å². The van der Waals surface area contributed by atoms with Gasteiger partial charge in [0.05, 0.1) is 6.42 Å². The van der Waals surface area contributed by atoms with Crippen LogP contribution < -0.4 is 16.6 Å². The van der Waals surface area contributed by atoms with Gasteiger partial charge in [-0.15, -0.1) is 0 Å². The van der Waals surface area contributed by atoms with Crippen LogP contribution in [0.5, 0.6) is 0 Å². The van der Waals surface area contributed by atoms with Gasteiger partial charge in [0.1, 0.15) is 24.3 Å². The van der Waals surface area contributed by atoms with E-state index in [2.05, 4.69) is 20.7 Å². The monoisotopic (exact) mass is 280 g/mol. The maximum atomic E-state index is 11.8. The predicted molar refractivity (Wildman–Crippen MR) is 70.4 cm³/mol. The molecule has 0 aliphatic carbocycles. The molecule has 0 saturated carbocycles. The van der Waals surface area contributed by atoms with Crippen molar-refractivity contribution in [2.75, 3.05) is 24.9 Å². The van der Waals surface area contributed by atoms with E-state index in [9.17, 15) is 9.59 Å². The molecule has 2 amide bonds. The molecule has 0 bridgehead atoms. The van der Waals surface area contributed by atoms with Crippen molar-refractivity contribution in [2.45, 2.75) is 19.1 Å². The Morgan fingerprint density at radius 3 is 2.70 bits per heavy atom. The fourth-order valence-corrected chi connectivity index (χ4v) is 1.89. The number of hydrazine groups is 1. The molecule has 1 aliphatic rings. The van der Waals surface area contributed by atoms with Gasteiger partial charge in [0, 0.05) is 20.2 Å². The molecular weight excluding hydrogens is 264 g/mol. The van der Waals surface area contributed by atoms with E-state index < -0.39 is 6.04 Å². The molecule has 1 fully saturated rings. The van der Waals surface area contributed by atoms with Crippen LogP contribution >= 0.6 is 0 Å². The van der Waals surface area contributed by atoms with Crippen molar-refractivity contribution < 1.29 is 14.3 Å². The number of hydrogen-bond donors (Lipinski definition) is 3. The number of methoxy groups -OCH3 is 1. The number of amides is 2. The van der Waals surface area contributed by atoms with Gasteiger partial charge in [0.2, 0.25) is 5.91 Å². The van der Waals surface area contributed by atoms with Crippen LogP contribution in [0.25, 0.3) is 0 Å². The molecule has 1 unspecified atom stereocenters. The van der Waals surface area contributed by atoms with E-state index in [0.717, 1.165) is 4.90 Å². The molecule has 0 spiro atoms. The number of anilines is 2. The Balaban J connectivity index is 2.18. The van der Waals surface area contributed by atoms with E-state index in [-0.39, 0.29) is 24.8 Å². The van der Waals surface area contributed by atoms with Crippen molar-refractivity contribution in [1.29, 1.82) is 0 Å². The Hall–Kier alpha value is -2.26. The summed E-state index contributed by atoms with van der Waals surface area (Å²) in [4.78, 5) is 32.7. The van der Waals surface area contributed by atoms with Gasteiger partial charge in [-0.25, -0.2) is 15.8 Å². The standard InChI is InChI=1S/C11H16N6O3/c1-17-10(18)3-6(11(17)19)13-7-4-8(16-12)15-9(14-7)5-20-2/h4,6H,3,5,12H2,1-2H3,(H2,13,14,15,16).